The number of nitrogens with zero attached hydrogens (tertiary/aromatic N) is 4. The van der Waals surface area contributed by atoms with Crippen LogP contribution in [-0.4, -0.2) is 19.7 Å². The Labute approximate surface area is 92.2 Å². The molecule has 0 spiro atoms. The van der Waals surface area contributed by atoms with Gasteiger partial charge in [-0.15, -0.1) is 10.2 Å². The highest BCUT2D eigenvalue weighted by molar-refractivity contribution is 7.13. The Balaban J connectivity index is 2.02. The number of aromatic nitrogens is 4. The van der Waals surface area contributed by atoms with E-state index in [-0.39, 0.29) is 0 Å². The smallest absolute Gasteiger partial charge is 0.205 e. The Kier molecular flexibility index (Phi) is 2.96. The topological polar surface area (TPSA) is 55.6 Å². The fourth-order valence-corrected chi connectivity index (χ4v) is 1.79. The van der Waals surface area contributed by atoms with Gasteiger partial charge < -0.3 is 9.88 Å². The van der Waals surface area contributed by atoms with Gasteiger partial charge in [0, 0.05) is 12.2 Å². The number of rotatable bonds is 4. The second-order valence-corrected chi connectivity index (χ2v) is 4.32. The number of imidazole rings is 1. The molecule has 6 heteroatoms. The van der Waals surface area contributed by atoms with Crippen molar-refractivity contribution < 1.29 is 0 Å². The minimum Gasteiger partial charge on any atom is -0.354 e. The van der Waals surface area contributed by atoms with Gasteiger partial charge in [0.1, 0.15) is 5.51 Å². The molecule has 0 aliphatic heterocycles. The maximum absolute atomic E-state index is 4.13. The third-order valence-corrected chi connectivity index (χ3v) is 2.73. The monoisotopic (exact) mass is 223 g/mol. The number of hydrogen-bond donors (Lipinski definition) is 1. The minimum atomic E-state index is 0.429. The van der Waals surface area contributed by atoms with Gasteiger partial charge in [-0.3, -0.25) is 0 Å². The molecule has 2 heterocycles. The normalized spacial score (nSPS) is 10.9. The molecule has 0 unspecified atom stereocenters. The largest absolute Gasteiger partial charge is 0.354 e. The Morgan fingerprint density at radius 1 is 1.53 bits per heavy atom. The molecule has 0 fully saturated rings. The van der Waals surface area contributed by atoms with Gasteiger partial charge in [-0.1, -0.05) is 11.3 Å². The molecule has 0 amide bonds. The van der Waals surface area contributed by atoms with Crippen molar-refractivity contribution >= 4 is 16.5 Å². The van der Waals surface area contributed by atoms with E-state index in [4.69, 9.17) is 0 Å². The van der Waals surface area contributed by atoms with Crippen LogP contribution in [0.4, 0.5) is 5.13 Å². The summed E-state index contributed by atoms with van der Waals surface area (Å²) in [7, 11) is 0. The summed E-state index contributed by atoms with van der Waals surface area (Å²) in [5.41, 5.74) is 2.86. The van der Waals surface area contributed by atoms with Gasteiger partial charge in [0.05, 0.1) is 18.6 Å². The molecule has 0 radical (unpaired) electrons. The minimum absolute atomic E-state index is 0.429. The van der Waals surface area contributed by atoms with Crippen molar-refractivity contribution in [3.8, 4) is 0 Å². The third kappa shape index (κ3) is 2.33. The van der Waals surface area contributed by atoms with Crippen LogP contribution in [0, 0.1) is 0 Å². The lowest BCUT2D eigenvalue weighted by Crippen LogP contribution is -2.08. The van der Waals surface area contributed by atoms with E-state index in [9.17, 15) is 0 Å². The highest BCUT2D eigenvalue weighted by Crippen LogP contribution is 2.12. The van der Waals surface area contributed by atoms with E-state index < -0.39 is 0 Å². The van der Waals surface area contributed by atoms with Crippen molar-refractivity contribution in [2.75, 3.05) is 5.32 Å². The van der Waals surface area contributed by atoms with E-state index in [0.717, 1.165) is 17.4 Å². The van der Waals surface area contributed by atoms with Crippen molar-refractivity contribution in [3.05, 3.63) is 23.7 Å². The van der Waals surface area contributed by atoms with E-state index >= 15 is 0 Å². The molecule has 0 aromatic carbocycles. The molecule has 15 heavy (non-hydrogen) atoms. The van der Waals surface area contributed by atoms with Gasteiger partial charge in [-0.05, 0) is 13.8 Å². The molecule has 2 aromatic rings. The van der Waals surface area contributed by atoms with Crippen LogP contribution < -0.4 is 5.32 Å². The molecule has 80 valence electrons. The Bertz CT molecular complexity index is 406. The summed E-state index contributed by atoms with van der Waals surface area (Å²) in [6.45, 7) is 5.00. The van der Waals surface area contributed by atoms with E-state index in [2.05, 4.69) is 38.9 Å². The van der Waals surface area contributed by atoms with E-state index in [1.54, 1.807) is 5.51 Å². The van der Waals surface area contributed by atoms with E-state index in [0.29, 0.717) is 6.04 Å². The molecule has 0 atom stereocenters. The number of anilines is 1. The number of hydrogen-bond acceptors (Lipinski definition) is 5. The summed E-state index contributed by atoms with van der Waals surface area (Å²) in [4.78, 5) is 4.13. The van der Waals surface area contributed by atoms with Crippen molar-refractivity contribution in [1.29, 1.82) is 0 Å². The quantitative estimate of drug-likeness (QED) is 0.860. The van der Waals surface area contributed by atoms with Gasteiger partial charge in [0.25, 0.3) is 0 Å². The van der Waals surface area contributed by atoms with Gasteiger partial charge in [0.2, 0.25) is 5.13 Å². The van der Waals surface area contributed by atoms with Crippen molar-refractivity contribution in [2.45, 2.75) is 26.4 Å². The zero-order valence-corrected chi connectivity index (χ0v) is 9.53. The predicted octanol–water partition coefficient (Wildman–Crippen LogP) is 1.93. The summed E-state index contributed by atoms with van der Waals surface area (Å²) < 4.78 is 2.13. The van der Waals surface area contributed by atoms with Crippen LogP contribution in [0.15, 0.2) is 18.0 Å². The summed E-state index contributed by atoms with van der Waals surface area (Å²) >= 11 is 1.50. The molecule has 1 N–H and O–H groups in total. The number of nitrogens with one attached hydrogen (secondary N) is 1. The van der Waals surface area contributed by atoms with Gasteiger partial charge in [0.15, 0.2) is 0 Å². The van der Waals surface area contributed by atoms with E-state index in [1.807, 2.05) is 12.5 Å². The standard InChI is InChI=1S/C9H13N5S/c1-7(2)14-5-10-3-8(14)4-11-9-13-12-6-15-9/h3,5-7H,4H2,1-2H3,(H,11,13). The van der Waals surface area contributed by atoms with Crippen molar-refractivity contribution in [2.24, 2.45) is 0 Å². The fourth-order valence-electron chi connectivity index (χ4n) is 1.35. The van der Waals surface area contributed by atoms with Gasteiger partial charge in [-0.2, -0.15) is 0 Å². The first kappa shape index (κ1) is 10.1. The molecule has 0 aliphatic rings. The van der Waals surface area contributed by atoms with Crippen molar-refractivity contribution in [1.82, 2.24) is 19.7 Å². The second kappa shape index (κ2) is 4.39. The molecular weight excluding hydrogens is 210 g/mol. The van der Waals surface area contributed by atoms with Gasteiger partial charge >= 0.3 is 0 Å². The van der Waals surface area contributed by atoms with Crippen LogP contribution in [-0.2, 0) is 6.54 Å². The average Bonchev–Trinajstić information content (AvgIpc) is 2.86. The van der Waals surface area contributed by atoms with Gasteiger partial charge in [-0.25, -0.2) is 4.98 Å². The molecule has 0 saturated carbocycles. The highest BCUT2D eigenvalue weighted by atomic mass is 32.1. The Morgan fingerprint density at radius 3 is 3.07 bits per heavy atom. The molecule has 5 nitrogen and oxygen atoms in total. The first-order chi connectivity index (χ1) is 7.27. The zero-order chi connectivity index (χ0) is 10.7. The summed E-state index contributed by atoms with van der Waals surface area (Å²) in [5.74, 6) is 0. The molecule has 0 bridgehead atoms. The molecule has 2 aromatic heterocycles. The first-order valence-corrected chi connectivity index (χ1v) is 5.66. The molecule has 0 saturated heterocycles. The lowest BCUT2D eigenvalue weighted by molar-refractivity contribution is 0.577. The SMILES string of the molecule is CC(C)n1cncc1CNc1nncs1. The molecular formula is C9H13N5S. The summed E-state index contributed by atoms with van der Waals surface area (Å²) in [6, 6.07) is 0.429. The molecule has 2 rings (SSSR count). The van der Waals surface area contributed by atoms with Crippen LogP contribution in [0.2, 0.25) is 0 Å². The average molecular weight is 223 g/mol. The zero-order valence-electron chi connectivity index (χ0n) is 8.71. The predicted molar refractivity (Wildman–Crippen MR) is 59.8 cm³/mol. The van der Waals surface area contributed by atoms with Crippen LogP contribution >= 0.6 is 11.3 Å². The Morgan fingerprint density at radius 2 is 2.40 bits per heavy atom. The lowest BCUT2D eigenvalue weighted by Gasteiger charge is -2.11. The summed E-state index contributed by atoms with van der Waals surface area (Å²) in [6.07, 6.45) is 3.72. The highest BCUT2D eigenvalue weighted by Gasteiger charge is 2.05. The van der Waals surface area contributed by atoms with Crippen LogP contribution in [0.5, 0.6) is 0 Å². The van der Waals surface area contributed by atoms with E-state index in [1.165, 1.54) is 11.3 Å². The first-order valence-electron chi connectivity index (χ1n) is 4.78. The third-order valence-electron chi connectivity index (χ3n) is 2.08. The fraction of sp³-hybridized carbons (Fsp3) is 0.444. The molecule has 0 aliphatic carbocycles. The van der Waals surface area contributed by atoms with Crippen LogP contribution in [0.1, 0.15) is 25.6 Å². The maximum atomic E-state index is 4.13. The Hall–Kier alpha value is -1.43. The summed E-state index contributed by atoms with van der Waals surface area (Å²) in [5, 5.41) is 11.7. The van der Waals surface area contributed by atoms with Crippen molar-refractivity contribution in [3.63, 3.8) is 0 Å². The second-order valence-electron chi connectivity index (χ2n) is 3.48. The lowest BCUT2D eigenvalue weighted by atomic mass is 10.3. The van der Waals surface area contributed by atoms with Crippen LogP contribution in [0.3, 0.4) is 0 Å². The van der Waals surface area contributed by atoms with Crippen LogP contribution in [0.25, 0.3) is 0 Å². The maximum Gasteiger partial charge on any atom is 0.205 e.